The number of carbonyl (C=O) groups is 1. The topological polar surface area (TPSA) is 35.6 Å². The Morgan fingerprint density at radius 2 is 2.00 bits per heavy atom. The maximum atomic E-state index is 12.6. The van der Waals surface area contributed by atoms with E-state index >= 15 is 0 Å². The lowest BCUT2D eigenvalue weighted by Gasteiger charge is -2.28. The minimum Gasteiger partial charge on any atom is -0.317 e. The second-order valence-electron chi connectivity index (χ2n) is 5.75. The third kappa shape index (κ3) is 2.63. The van der Waals surface area contributed by atoms with Crippen LogP contribution >= 0.6 is 11.6 Å². The van der Waals surface area contributed by atoms with Gasteiger partial charge in [-0.25, -0.2) is 4.79 Å². The fourth-order valence-electron chi connectivity index (χ4n) is 3.32. The number of para-hydroxylation sites is 1. The second-order valence-corrected chi connectivity index (χ2v) is 6.16. The van der Waals surface area contributed by atoms with Gasteiger partial charge in [-0.3, -0.25) is 0 Å². The second kappa shape index (κ2) is 5.62. The number of halogens is 1. The molecule has 4 nitrogen and oxygen atoms in total. The van der Waals surface area contributed by atoms with E-state index in [1.165, 1.54) is 0 Å². The van der Waals surface area contributed by atoms with Crippen LogP contribution in [0.15, 0.2) is 24.3 Å². The van der Waals surface area contributed by atoms with E-state index in [0.717, 1.165) is 32.4 Å². The highest BCUT2D eigenvalue weighted by Crippen LogP contribution is 2.31. The number of fused-ring (bicyclic) bond motifs is 2. The van der Waals surface area contributed by atoms with Crippen molar-refractivity contribution in [3.8, 4) is 0 Å². The maximum absolute atomic E-state index is 12.6. The summed E-state index contributed by atoms with van der Waals surface area (Å²) < 4.78 is 0. The fourth-order valence-corrected chi connectivity index (χ4v) is 3.50. The van der Waals surface area contributed by atoms with Gasteiger partial charge in [0.25, 0.3) is 0 Å². The van der Waals surface area contributed by atoms with Crippen LogP contribution in [-0.4, -0.2) is 48.1 Å². The molecule has 20 heavy (non-hydrogen) atoms. The Hall–Kier alpha value is -1.26. The molecule has 1 aromatic rings. The maximum Gasteiger partial charge on any atom is 0.322 e. The standard InChI is InChI=1S/C15H20ClN3O/c1-18-9-8-11-6-7-12(10-18)19(11)15(20)17-14-5-3-2-4-13(14)16/h2-5,11-12H,6-10H2,1H3,(H,17,20)/t11?,12-/m1/s1. The molecule has 1 N–H and O–H groups in total. The number of amides is 2. The summed E-state index contributed by atoms with van der Waals surface area (Å²) >= 11 is 6.11. The van der Waals surface area contributed by atoms with Crippen LogP contribution in [0.3, 0.4) is 0 Å². The summed E-state index contributed by atoms with van der Waals surface area (Å²) in [7, 11) is 2.13. The van der Waals surface area contributed by atoms with Gasteiger partial charge in [0.15, 0.2) is 0 Å². The Morgan fingerprint density at radius 1 is 1.25 bits per heavy atom. The first-order chi connectivity index (χ1) is 9.65. The highest BCUT2D eigenvalue weighted by molar-refractivity contribution is 6.33. The van der Waals surface area contributed by atoms with Crippen LogP contribution in [0.5, 0.6) is 0 Å². The third-order valence-electron chi connectivity index (χ3n) is 4.34. The summed E-state index contributed by atoms with van der Waals surface area (Å²) in [6.07, 6.45) is 3.28. The van der Waals surface area contributed by atoms with Crippen molar-refractivity contribution in [1.29, 1.82) is 0 Å². The molecular weight excluding hydrogens is 274 g/mol. The first-order valence-corrected chi connectivity index (χ1v) is 7.55. The lowest BCUT2D eigenvalue weighted by Crippen LogP contribution is -2.45. The smallest absolute Gasteiger partial charge is 0.317 e. The van der Waals surface area contributed by atoms with Crippen molar-refractivity contribution in [1.82, 2.24) is 9.80 Å². The molecule has 2 atom stereocenters. The van der Waals surface area contributed by atoms with Gasteiger partial charge >= 0.3 is 6.03 Å². The minimum absolute atomic E-state index is 0.0131. The normalized spacial score (nSPS) is 26.4. The van der Waals surface area contributed by atoms with Crippen molar-refractivity contribution < 1.29 is 4.79 Å². The fraction of sp³-hybridized carbons (Fsp3) is 0.533. The number of rotatable bonds is 1. The van der Waals surface area contributed by atoms with Gasteiger partial charge in [-0.1, -0.05) is 23.7 Å². The molecule has 1 aromatic carbocycles. The van der Waals surface area contributed by atoms with Gasteiger partial charge < -0.3 is 15.1 Å². The van der Waals surface area contributed by atoms with Gasteiger partial charge in [0.1, 0.15) is 0 Å². The summed E-state index contributed by atoms with van der Waals surface area (Å²) in [5.74, 6) is 0. The highest BCUT2D eigenvalue weighted by Gasteiger charge is 2.39. The molecule has 5 heteroatoms. The quantitative estimate of drug-likeness (QED) is 0.864. The molecule has 0 spiro atoms. The molecule has 2 fully saturated rings. The number of urea groups is 1. The van der Waals surface area contributed by atoms with Crippen molar-refractivity contribution >= 4 is 23.3 Å². The van der Waals surface area contributed by atoms with E-state index < -0.39 is 0 Å². The molecule has 1 unspecified atom stereocenters. The van der Waals surface area contributed by atoms with Crippen molar-refractivity contribution in [2.75, 3.05) is 25.5 Å². The molecule has 0 radical (unpaired) electrons. The molecule has 2 bridgehead atoms. The first kappa shape index (κ1) is 13.7. The highest BCUT2D eigenvalue weighted by atomic mass is 35.5. The van der Waals surface area contributed by atoms with Gasteiger partial charge in [-0.2, -0.15) is 0 Å². The van der Waals surface area contributed by atoms with Gasteiger partial charge in [0.2, 0.25) is 0 Å². The van der Waals surface area contributed by atoms with E-state index in [9.17, 15) is 4.79 Å². The average molecular weight is 294 g/mol. The molecular formula is C15H20ClN3O. The number of hydrogen-bond acceptors (Lipinski definition) is 2. The van der Waals surface area contributed by atoms with Crippen LogP contribution in [0.4, 0.5) is 10.5 Å². The van der Waals surface area contributed by atoms with Crippen LogP contribution in [0, 0.1) is 0 Å². The number of hydrogen-bond donors (Lipinski definition) is 1. The van der Waals surface area contributed by atoms with E-state index in [2.05, 4.69) is 17.3 Å². The summed E-state index contributed by atoms with van der Waals surface area (Å²) in [5.41, 5.74) is 0.691. The molecule has 0 saturated carbocycles. The van der Waals surface area contributed by atoms with Gasteiger partial charge in [-0.15, -0.1) is 0 Å². The predicted molar refractivity (Wildman–Crippen MR) is 81.2 cm³/mol. The van der Waals surface area contributed by atoms with Crippen molar-refractivity contribution in [3.05, 3.63) is 29.3 Å². The molecule has 0 aliphatic carbocycles. The van der Waals surface area contributed by atoms with E-state index in [1.807, 2.05) is 23.1 Å². The zero-order valence-electron chi connectivity index (χ0n) is 11.7. The third-order valence-corrected chi connectivity index (χ3v) is 4.67. The molecule has 108 valence electrons. The summed E-state index contributed by atoms with van der Waals surface area (Å²) in [4.78, 5) is 16.9. The number of benzene rings is 1. The lowest BCUT2D eigenvalue weighted by molar-refractivity contribution is 0.186. The zero-order chi connectivity index (χ0) is 14.1. The number of likely N-dealkylation sites (N-methyl/N-ethyl adjacent to an activating group) is 1. The van der Waals surface area contributed by atoms with E-state index in [4.69, 9.17) is 11.6 Å². The van der Waals surface area contributed by atoms with Crippen LogP contribution in [-0.2, 0) is 0 Å². The summed E-state index contributed by atoms with van der Waals surface area (Å²) in [6.45, 7) is 2.03. The number of carbonyl (C=O) groups excluding carboxylic acids is 1. The number of nitrogens with one attached hydrogen (secondary N) is 1. The minimum atomic E-state index is -0.0131. The van der Waals surface area contributed by atoms with E-state index in [0.29, 0.717) is 22.8 Å². The van der Waals surface area contributed by atoms with Gasteiger partial charge in [0.05, 0.1) is 10.7 Å². The van der Waals surface area contributed by atoms with Gasteiger partial charge in [0, 0.05) is 18.6 Å². The van der Waals surface area contributed by atoms with Crippen LogP contribution in [0.1, 0.15) is 19.3 Å². The average Bonchev–Trinajstić information content (AvgIpc) is 2.72. The molecule has 2 aliphatic rings. The van der Waals surface area contributed by atoms with Gasteiger partial charge in [-0.05, 0) is 45.0 Å². The summed E-state index contributed by atoms with van der Waals surface area (Å²) in [5, 5.41) is 3.54. The Bertz CT molecular complexity index is 508. The molecule has 3 rings (SSSR count). The monoisotopic (exact) mass is 293 g/mol. The Kier molecular flexibility index (Phi) is 3.85. The zero-order valence-corrected chi connectivity index (χ0v) is 12.4. The Balaban J connectivity index is 1.75. The predicted octanol–water partition coefficient (Wildman–Crippen LogP) is 3.04. The molecule has 2 saturated heterocycles. The largest absolute Gasteiger partial charge is 0.322 e. The molecule has 0 aromatic heterocycles. The van der Waals surface area contributed by atoms with E-state index in [-0.39, 0.29) is 6.03 Å². The van der Waals surface area contributed by atoms with E-state index in [1.54, 1.807) is 6.07 Å². The number of likely N-dealkylation sites (tertiary alicyclic amines) is 1. The Labute approximate surface area is 124 Å². The number of anilines is 1. The lowest BCUT2D eigenvalue weighted by atomic mass is 10.1. The SMILES string of the molecule is CN1CCC2CC[C@H](C1)N2C(=O)Nc1ccccc1Cl. The van der Waals surface area contributed by atoms with Crippen molar-refractivity contribution in [3.63, 3.8) is 0 Å². The summed E-state index contributed by atoms with van der Waals surface area (Å²) in [6, 6.07) is 8.06. The van der Waals surface area contributed by atoms with Crippen molar-refractivity contribution in [2.45, 2.75) is 31.3 Å². The first-order valence-electron chi connectivity index (χ1n) is 7.17. The molecule has 2 amide bonds. The Morgan fingerprint density at radius 3 is 2.80 bits per heavy atom. The molecule has 2 aliphatic heterocycles. The van der Waals surface area contributed by atoms with Crippen LogP contribution in [0.25, 0.3) is 0 Å². The van der Waals surface area contributed by atoms with Crippen molar-refractivity contribution in [2.24, 2.45) is 0 Å². The van der Waals surface area contributed by atoms with Crippen LogP contribution in [0.2, 0.25) is 5.02 Å². The number of nitrogens with zero attached hydrogens (tertiary/aromatic N) is 2. The van der Waals surface area contributed by atoms with Crippen LogP contribution < -0.4 is 5.32 Å². The molecule has 2 heterocycles.